The molecule has 0 fully saturated rings. The average molecular weight is 463 g/mol. The summed E-state index contributed by atoms with van der Waals surface area (Å²) in [4.78, 5) is 26.0. The Labute approximate surface area is 177 Å². The second-order valence-electron chi connectivity index (χ2n) is 6.80. The quantitative estimate of drug-likeness (QED) is 0.654. The van der Waals surface area contributed by atoms with Crippen LogP contribution in [0.3, 0.4) is 0 Å². The Balaban J connectivity index is 1.82. The Kier molecular flexibility index (Phi) is 6.76. The molecule has 29 heavy (non-hydrogen) atoms. The summed E-state index contributed by atoms with van der Waals surface area (Å²) in [6.07, 6.45) is 0.589. The lowest BCUT2D eigenvalue weighted by molar-refractivity contribution is -0.139. The Bertz CT molecular complexity index is 901. The number of carbonyl (C=O) groups excluding carboxylic acids is 1. The Morgan fingerprint density at radius 3 is 2.45 bits per heavy atom. The van der Waals surface area contributed by atoms with Crippen LogP contribution in [0.1, 0.15) is 23.6 Å². The van der Waals surface area contributed by atoms with Crippen molar-refractivity contribution in [3.05, 3.63) is 52.0 Å². The lowest BCUT2D eigenvalue weighted by Crippen LogP contribution is -2.41. The topological polar surface area (TPSA) is 88.1 Å². The predicted octanol–water partition coefficient (Wildman–Crippen LogP) is 3.48. The first-order chi connectivity index (χ1) is 13.9. The number of hydrogen-bond donors (Lipinski definition) is 2. The number of benzene rings is 2. The molecule has 0 aliphatic carbocycles. The third-order valence-corrected chi connectivity index (χ3v) is 5.48. The second kappa shape index (κ2) is 9.28. The van der Waals surface area contributed by atoms with Crippen LogP contribution in [0.4, 0.5) is 5.69 Å². The fourth-order valence-corrected chi connectivity index (χ4v) is 3.86. The van der Waals surface area contributed by atoms with Crippen LogP contribution in [0.2, 0.25) is 0 Å². The van der Waals surface area contributed by atoms with Crippen molar-refractivity contribution < 1.29 is 24.2 Å². The molecule has 154 valence electrons. The molecule has 2 aromatic rings. The van der Waals surface area contributed by atoms with Gasteiger partial charge in [-0.05, 0) is 53.9 Å². The van der Waals surface area contributed by atoms with Gasteiger partial charge in [-0.3, -0.25) is 14.5 Å². The molecule has 7 nitrogen and oxygen atoms in total. The minimum Gasteiger partial charge on any atom is -0.493 e. The van der Waals surface area contributed by atoms with E-state index in [-0.39, 0.29) is 18.9 Å². The molecule has 0 unspecified atom stereocenters. The van der Waals surface area contributed by atoms with Gasteiger partial charge in [-0.1, -0.05) is 15.9 Å². The number of ether oxygens (including phenoxy) is 2. The van der Waals surface area contributed by atoms with Gasteiger partial charge in [0.15, 0.2) is 11.5 Å². The Morgan fingerprint density at radius 1 is 1.17 bits per heavy atom. The van der Waals surface area contributed by atoms with E-state index in [2.05, 4.69) is 21.2 Å². The van der Waals surface area contributed by atoms with Crippen molar-refractivity contribution in [1.29, 1.82) is 0 Å². The summed E-state index contributed by atoms with van der Waals surface area (Å²) in [5, 5.41) is 12.3. The molecule has 0 radical (unpaired) electrons. The van der Waals surface area contributed by atoms with Crippen molar-refractivity contribution in [1.82, 2.24) is 4.90 Å². The van der Waals surface area contributed by atoms with E-state index in [4.69, 9.17) is 9.47 Å². The number of carboxylic acid groups (broad SMARTS) is 1. The number of amides is 1. The number of hydrogen-bond acceptors (Lipinski definition) is 5. The van der Waals surface area contributed by atoms with Gasteiger partial charge >= 0.3 is 5.97 Å². The monoisotopic (exact) mass is 462 g/mol. The van der Waals surface area contributed by atoms with Crippen molar-refractivity contribution in [3.63, 3.8) is 0 Å². The highest BCUT2D eigenvalue weighted by atomic mass is 79.9. The number of halogens is 1. The summed E-state index contributed by atoms with van der Waals surface area (Å²) in [5.41, 5.74) is 2.56. The largest absolute Gasteiger partial charge is 0.493 e. The third-order valence-electron chi connectivity index (χ3n) is 4.96. The first-order valence-electron chi connectivity index (χ1n) is 9.17. The van der Waals surface area contributed by atoms with Crippen molar-refractivity contribution in [2.24, 2.45) is 0 Å². The number of nitrogens with one attached hydrogen (secondary N) is 1. The van der Waals surface area contributed by atoms with Crippen LogP contribution in [0.25, 0.3) is 0 Å². The van der Waals surface area contributed by atoms with Crippen LogP contribution < -0.4 is 14.8 Å². The summed E-state index contributed by atoms with van der Waals surface area (Å²) in [7, 11) is 3.11. The zero-order chi connectivity index (χ0) is 21.0. The minimum absolute atomic E-state index is 0.0990. The molecule has 0 saturated heterocycles. The fraction of sp³-hybridized carbons (Fsp3) is 0.333. The predicted molar refractivity (Wildman–Crippen MR) is 113 cm³/mol. The third kappa shape index (κ3) is 5.07. The molecule has 0 saturated carbocycles. The molecule has 1 heterocycles. The van der Waals surface area contributed by atoms with Crippen LogP contribution in [-0.4, -0.2) is 49.2 Å². The molecule has 1 atom stereocenters. The van der Waals surface area contributed by atoms with E-state index >= 15 is 0 Å². The molecule has 2 N–H and O–H groups in total. The normalized spacial score (nSPS) is 16.0. The van der Waals surface area contributed by atoms with E-state index in [0.29, 0.717) is 30.2 Å². The molecule has 2 aromatic carbocycles. The van der Waals surface area contributed by atoms with E-state index in [1.165, 1.54) is 0 Å². The molecule has 8 heteroatoms. The highest BCUT2D eigenvalue weighted by Gasteiger charge is 2.31. The van der Waals surface area contributed by atoms with Crippen LogP contribution >= 0.6 is 15.9 Å². The standard InChI is InChI=1S/C21H23BrN2O5/c1-28-18-9-13-7-8-24(12-20(25)23-15-5-3-14(22)4-6-15)17(11-21(26)27)16(13)10-19(18)29-2/h3-6,9-10,17H,7-8,11-12H2,1-2H3,(H,23,25)(H,26,27)/t17-/m0/s1. The zero-order valence-electron chi connectivity index (χ0n) is 16.3. The number of nitrogens with zero attached hydrogens (tertiary/aromatic N) is 1. The number of carboxylic acids is 1. The van der Waals surface area contributed by atoms with Gasteiger partial charge in [0, 0.05) is 22.7 Å². The summed E-state index contributed by atoms with van der Waals surface area (Å²) >= 11 is 3.36. The average Bonchev–Trinajstić information content (AvgIpc) is 2.70. The maximum Gasteiger partial charge on any atom is 0.305 e. The number of aliphatic carboxylic acids is 1. The highest BCUT2D eigenvalue weighted by Crippen LogP contribution is 2.39. The van der Waals surface area contributed by atoms with E-state index < -0.39 is 12.0 Å². The van der Waals surface area contributed by atoms with Crippen molar-refractivity contribution >= 4 is 33.5 Å². The summed E-state index contributed by atoms with van der Waals surface area (Å²) in [6.45, 7) is 0.677. The lowest BCUT2D eigenvalue weighted by Gasteiger charge is -2.36. The molecule has 0 bridgehead atoms. The Hall–Kier alpha value is -2.58. The van der Waals surface area contributed by atoms with Crippen molar-refractivity contribution in [2.75, 3.05) is 32.6 Å². The van der Waals surface area contributed by atoms with Gasteiger partial charge in [-0.15, -0.1) is 0 Å². The van der Waals surface area contributed by atoms with Gasteiger partial charge in [-0.2, -0.15) is 0 Å². The molecular formula is C21H23BrN2O5. The van der Waals surface area contributed by atoms with Gasteiger partial charge in [-0.25, -0.2) is 0 Å². The van der Waals surface area contributed by atoms with Gasteiger partial charge < -0.3 is 19.9 Å². The van der Waals surface area contributed by atoms with Gasteiger partial charge in [0.2, 0.25) is 5.91 Å². The molecule has 0 aromatic heterocycles. The maximum atomic E-state index is 12.6. The van der Waals surface area contributed by atoms with Crippen LogP contribution in [-0.2, 0) is 16.0 Å². The number of fused-ring (bicyclic) bond motifs is 1. The van der Waals surface area contributed by atoms with E-state index in [1.807, 2.05) is 29.2 Å². The van der Waals surface area contributed by atoms with Gasteiger partial charge in [0.1, 0.15) is 0 Å². The number of carbonyl (C=O) groups is 2. The van der Waals surface area contributed by atoms with E-state index in [0.717, 1.165) is 15.6 Å². The number of methoxy groups -OCH3 is 2. The molecule has 1 amide bonds. The smallest absolute Gasteiger partial charge is 0.305 e. The molecule has 3 rings (SSSR count). The maximum absolute atomic E-state index is 12.6. The van der Waals surface area contributed by atoms with Gasteiger partial charge in [0.05, 0.1) is 27.2 Å². The van der Waals surface area contributed by atoms with Crippen LogP contribution in [0.15, 0.2) is 40.9 Å². The molecule has 1 aliphatic rings. The summed E-state index contributed by atoms with van der Waals surface area (Å²) in [6, 6.07) is 10.6. The highest BCUT2D eigenvalue weighted by molar-refractivity contribution is 9.10. The molecular weight excluding hydrogens is 440 g/mol. The van der Waals surface area contributed by atoms with Crippen molar-refractivity contribution in [3.8, 4) is 11.5 Å². The Morgan fingerprint density at radius 2 is 1.83 bits per heavy atom. The SMILES string of the molecule is COc1cc2c(cc1OC)[C@H](CC(=O)O)N(CC(=O)Nc1ccc(Br)cc1)CC2. The van der Waals surface area contributed by atoms with Crippen LogP contribution in [0.5, 0.6) is 11.5 Å². The summed E-state index contributed by atoms with van der Waals surface area (Å²) in [5.74, 6) is 0.0483. The molecule has 1 aliphatic heterocycles. The molecule has 0 spiro atoms. The lowest BCUT2D eigenvalue weighted by atomic mass is 9.90. The first kappa shape index (κ1) is 21.1. The summed E-state index contributed by atoms with van der Waals surface area (Å²) < 4.78 is 11.7. The van der Waals surface area contributed by atoms with Gasteiger partial charge in [0.25, 0.3) is 0 Å². The van der Waals surface area contributed by atoms with Crippen molar-refractivity contribution in [2.45, 2.75) is 18.9 Å². The van der Waals surface area contributed by atoms with Crippen LogP contribution in [0, 0.1) is 0 Å². The van der Waals surface area contributed by atoms with E-state index in [9.17, 15) is 14.7 Å². The minimum atomic E-state index is -0.920. The second-order valence-corrected chi connectivity index (χ2v) is 7.71. The number of rotatable bonds is 7. The zero-order valence-corrected chi connectivity index (χ0v) is 17.9. The van der Waals surface area contributed by atoms with E-state index in [1.54, 1.807) is 26.4 Å². The first-order valence-corrected chi connectivity index (χ1v) is 9.96. The fourth-order valence-electron chi connectivity index (χ4n) is 3.59. The number of anilines is 1.